The highest BCUT2D eigenvalue weighted by Crippen LogP contribution is 2.36. The van der Waals surface area contributed by atoms with Crippen molar-refractivity contribution in [3.8, 4) is 67.3 Å². The second kappa shape index (κ2) is 12.9. The van der Waals surface area contributed by atoms with Crippen molar-refractivity contribution in [3.05, 3.63) is 157 Å². The molecular weight excluding hydrogens is 613 g/mol. The molecular formula is C44H34N6. The SMILES string of the molecule is Cc1nc(C)nc(-c2ccc(-c3ccc(-c4cccc5c(-c6ccc(-c7ccc(-c8nc(C)nc(C)n8)cc7)cc6)cccc45)cc3)cc2)n1. The van der Waals surface area contributed by atoms with E-state index in [4.69, 9.17) is 0 Å². The lowest BCUT2D eigenvalue weighted by atomic mass is 9.91. The van der Waals surface area contributed by atoms with Crippen LogP contribution in [-0.4, -0.2) is 29.9 Å². The summed E-state index contributed by atoms with van der Waals surface area (Å²) < 4.78 is 0. The van der Waals surface area contributed by atoms with Gasteiger partial charge in [-0.15, -0.1) is 0 Å². The predicted molar refractivity (Wildman–Crippen MR) is 202 cm³/mol. The van der Waals surface area contributed by atoms with Crippen LogP contribution < -0.4 is 0 Å². The van der Waals surface area contributed by atoms with Gasteiger partial charge in [-0.1, -0.05) is 133 Å². The van der Waals surface area contributed by atoms with Gasteiger partial charge in [0.1, 0.15) is 23.3 Å². The maximum atomic E-state index is 4.51. The molecule has 8 rings (SSSR count). The van der Waals surface area contributed by atoms with Crippen LogP contribution in [0.25, 0.3) is 78.1 Å². The number of aromatic nitrogens is 6. The first-order valence-corrected chi connectivity index (χ1v) is 16.7. The van der Waals surface area contributed by atoms with Crippen LogP contribution in [0.1, 0.15) is 23.3 Å². The second-order valence-corrected chi connectivity index (χ2v) is 12.5. The summed E-state index contributed by atoms with van der Waals surface area (Å²) in [5, 5.41) is 2.46. The maximum Gasteiger partial charge on any atom is 0.163 e. The fraction of sp³-hybridized carbons (Fsp3) is 0.0909. The molecule has 6 aromatic carbocycles. The largest absolute Gasteiger partial charge is 0.219 e. The van der Waals surface area contributed by atoms with Crippen LogP contribution in [-0.2, 0) is 0 Å². The summed E-state index contributed by atoms with van der Waals surface area (Å²) >= 11 is 0. The summed E-state index contributed by atoms with van der Waals surface area (Å²) in [6, 6.07) is 47.6. The molecule has 240 valence electrons. The molecule has 0 amide bonds. The van der Waals surface area contributed by atoms with E-state index < -0.39 is 0 Å². The van der Waals surface area contributed by atoms with E-state index in [1.165, 1.54) is 33.0 Å². The van der Waals surface area contributed by atoms with Gasteiger partial charge in [-0.25, -0.2) is 29.9 Å². The predicted octanol–water partition coefficient (Wildman–Crippen LogP) is 10.4. The molecule has 0 bridgehead atoms. The third kappa shape index (κ3) is 6.15. The molecule has 0 atom stereocenters. The Hall–Kier alpha value is -6.40. The molecule has 0 N–H and O–H groups in total. The highest BCUT2D eigenvalue weighted by Gasteiger charge is 2.11. The van der Waals surface area contributed by atoms with Gasteiger partial charge in [-0.3, -0.25) is 0 Å². The van der Waals surface area contributed by atoms with Gasteiger partial charge >= 0.3 is 0 Å². The van der Waals surface area contributed by atoms with Crippen LogP contribution in [0, 0.1) is 27.7 Å². The van der Waals surface area contributed by atoms with Crippen LogP contribution in [0.4, 0.5) is 0 Å². The first-order chi connectivity index (χ1) is 24.4. The van der Waals surface area contributed by atoms with Crippen molar-refractivity contribution < 1.29 is 0 Å². The third-order valence-electron chi connectivity index (χ3n) is 8.98. The first-order valence-electron chi connectivity index (χ1n) is 16.7. The summed E-state index contributed by atoms with van der Waals surface area (Å²) in [6.45, 7) is 7.58. The van der Waals surface area contributed by atoms with Crippen molar-refractivity contribution in [1.29, 1.82) is 0 Å². The van der Waals surface area contributed by atoms with Gasteiger partial charge in [0.2, 0.25) is 0 Å². The van der Waals surface area contributed by atoms with Gasteiger partial charge in [-0.05, 0) is 83.0 Å². The normalized spacial score (nSPS) is 11.2. The van der Waals surface area contributed by atoms with E-state index in [0.29, 0.717) is 11.6 Å². The molecule has 0 radical (unpaired) electrons. The van der Waals surface area contributed by atoms with Crippen LogP contribution in [0.2, 0.25) is 0 Å². The molecule has 0 fully saturated rings. The van der Waals surface area contributed by atoms with E-state index in [-0.39, 0.29) is 0 Å². The summed E-state index contributed by atoms with van der Waals surface area (Å²) in [5.74, 6) is 4.32. The number of benzene rings is 6. The van der Waals surface area contributed by atoms with Crippen molar-refractivity contribution in [3.63, 3.8) is 0 Å². The Morgan fingerprint density at radius 2 is 0.520 bits per heavy atom. The minimum atomic E-state index is 0.705. The summed E-state index contributed by atoms with van der Waals surface area (Å²) in [4.78, 5) is 26.6. The Bertz CT molecular complexity index is 2270. The minimum Gasteiger partial charge on any atom is -0.219 e. The number of rotatable bonds is 6. The van der Waals surface area contributed by atoms with Gasteiger partial charge in [0.15, 0.2) is 11.6 Å². The highest BCUT2D eigenvalue weighted by atomic mass is 15.0. The van der Waals surface area contributed by atoms with Gasteiger partial charge in [-0.2, -0.15) is 0 Å². The summed E-state index contributed by atoms with van der Waals surface area (Å²) in [7, 11) is 0. The molecule has 6 nitrogen and oxygen atoms in total. The van der Waals surface area contributed by atoms with Gasteiger partial charge in [0.05, 0.1) is 0 Å². The van der Waals surface area contributed by atoms with E-state index in [1.54, 1.807) is 0 Å². The number of fused-ring (bicyclic) bond motifs is 1. The lowest BCUT2D eigenvalue weighted by Gasteiger charge is -2.13. The van der Waals surface area contributed by atoms with Crippen molar-refractivity contribution >= 4 is 10.8 Å². The van der Waals surface area contributed by atoms with E-state index in [1.807, 2.05) is 27.7 Å². The molecule has 50 heavy (non-hydrogen) atoms. The lowest BCUT2D eigenvalue weighted by Crippen LogP contribution is -1.98. The van der Waals surface area contributed by atoms with Gasteiger partial charge in [0.25, 0.3) is 0 Å². The van der Waals surface area contributed by atoms with Crippen molar-refractivity contribution in [2.75, 3.05) is 0 Å². The molecule has 0 spiro atoms. The van der Waals surface area contributed by atoms with Crippen LogP contribution in [0.15, 0.2) is 133 Å². The standard InChI is InChI=1S/C44H34N6/c1-27-45-28(2)48-43(47-27)37-23-15-33(16-24-37)31-11-19-35(20-12-31)39-7-5-10-42-40(8-6-9-41(39)42)36-21-13-32(14-22-36)34-17-25-38(26-18-34)44-49-29(3)46-30(4)50-44/h5-26H,1-4H3. The smallest absolute Gasteiger partial charge is 0.163 e. The van der Waals surface area contributed by atoms with Crippen molar-refractivity contribution in [2.24, 2.45) is 0 Å². The fourth-order valence-corrected chi connectivity index (χ4v) is 6.61. The van der Waals surface area contributed by atoms with Crippen LogP contribution >= 0.6 is 0 Å². The van der Waals surface area contributed by atoms with E-state index >= 15 is 0 Å². The zero-order valence-corrected chi connectivity index (χ0v) is 28.4. The topological polar surface area (TPSA) is 77.3 Å². The quantitative estimate of drug-likeness (QED) is 0.179. The minimum absolute atomic E-state index is 0.705. The molecule has 0 saturated carbocycles. The molecule has 0 saturated heterocycles. The lowest BCUT2D eigenvalue weighted by molar-refractivity contribution is 0.928. The number of nitrogens with zero attached hydrogens (tertiary/aromatic N) is 6. The molecule has 0 aliphatic rings. The van der Waals surface area contributed by atoms with Crippen LogP contribution in [0.3, 0.4) is 0 Å². The Balaban J connectivity index is 1.04. The maximum absolute atomic E-state index is 4.51. The summed E-state index contributed by atoms with van der Waals surface area (Å²) in [5.41, 5.74) is 11.4. The second-order valence-electron chi connectivity index (χ2n) is 12.5. The number of hydrogen-bond acceptors (Lipinski definition) is 6. The number of hydrogen-bond donors (Lipinski definition) is 0. The Labute approximate surface area is 291 Å². The van der Waals surface area contributed by atoms with E-state index in [9.17, 15) is 0 Å². The molecule has 0 aliphatic heterocycles. The van der Waals surface area contributed by atoms with E-state index in [0.717, 1.165) is 56.7 Å². The fourth-order valence-electron chi connectivity index (χ4n) is 6.61. The molecule has 0 unspecified atom stereocenters. The van der Waals surface area contributed by atoms with Gasteiger partial charge < -0.3 is 0 Å². The Kier molecular flexibility index (Phi) is 7.97. The van der Waals surface area contributed by atoms with Crippen molar-refractivity contribution in [1.82, 2.24) is 29.9 Å². The molecule has 2 aromatic heterocycles. The van der Waals surface area contributed by atoms with Crippen LogP contribution in [0.5, 0.6) is 0 Å². The third-order valence-corrected chi connectivity index (χ3v) is 8.98. The molecule has 0 aliphatic carbocycles. The van der Waals surface area contributed by atoms with Gasteiger partial charge in [0, 0.05) is 11.1 Å². The zero-order chi connectivity index (χ0) is 34.2. The zero-order valence-electron chi connectivity index (χ0n) is 28.4. The monoisotopic (exact) mass is 646 g/mol. The average Bonchev–Trinajstić information content (AvgIpc) is 3.14. The molecule has 6 heteroatoms. The Morgan fingerprint density at radius 3 is 0.820 bits per heavy atom. The Morgan fingerprint density at radius 1 is 0.260 bits per heavy atom. The van der Waals surface area contributed by atoms with E-state index in [2.05, 4.69) is 163 Å². The average molecular weight is 647 g/mol. The molecule has 2 heterocycles. The first kappa shape index (κ1) is 30.9. The highest BCUT2D eigenvalue weighted by molar-refractivity contribution is 6.04. The summed E-state index contributed by atoms with van der Waals surface area (Å²) in [6.07, 6.45) is 0. The number of aryl methyl sites for hydroxylation is 4. The van der Waals surface area contributed by atoms with Crippen molar-refractivity contribution in [2.45, 2.75) is 27.7 Å². The molecule has 8 aromatic rings.